The van der Waals surface area contributed by atoms with Crippen LogP contribution in [0.2, 0.25) is 0 Å². The van der Waals surface area contributed by atoms with Crippen LogP contribution in [-0.4, -0.2) is 36.0 Å². The van der Waals surface area contributed by atoms with E-state index in [1.54, 1.807) is 11.9 Å². The van der Waals surface area contributed by atoms with E-state index in [9.17, 15) is 14.4 Å². The number of rotatable bonds is 4. The number of nitrogens with zero attached hydrogens (tertiary/aromatic N) is 1. The molecule has 1 amide bonds. The summed E-state index contributed by atoms with van der Waals surface area (Å²) in [4.78, 5) is 39.3. The molecular formula is C19H23NO3. The third-order valence-corrected chi connectivity index (χ3v) is 5.53. The minimum atomic E-state index is -1.08. The van der Waals surface area contributed by atoms with Gasteiger partial charge < -0.3 is 4.90 Å². The zero-order chi connectivity index (χ0) is 16.6. The Morgan fingerprint density at radius 3 is 2.65 bits per heavy atom. The minimum absolute atomic E-state index is 0.0232. The Morgan fingerprint density at radius 2 is 1.96 bits per heavy atom. The summed E-state index contributed by atoms with van der Waals surface area (Å²) < 4.78 is 0. The zero-order valence-corrected chi connectivity index (χ0v) is 13.7. The molecule has 23 heavy (non-hydrogen) atoms. The van der Waals surface area contributed by atoms with Crippen LogP contribution < -0.4 is 0 Å². The van der Waals surface area contributed by atoms with Crippen LogP contribution in [0.25, 0.3) is 0 Å². The highest BCUT2D eigenvalue weighted by atomic mass is 16.2. The van der Waals surface area contributed by atoms with E-state index in [4.69, 9.17) is 0 Å². The third kappa shape index (κ3) is 2.71. The first-order valence-corrected chi connectivity index (χ1v) is 8.29. The van der Waals surface area contributed by atoms with Crippen LogP contribution in [0.3, 0.4) is 0 Å². The average Bonchev–Trinajstić information content (AvgIpc) is 2.74. The summed E-state index contributed by atoms with van der Waals surface area (Å²) in [6, 6.07) is 9.97. The SMILES string of the molecule is CC1C(=O)C2(C(=O)N(C)CCc3ccccc3)CC(=O)CC1C2. The lowest BCUT2D eigenvalue weighted by molar-refractivity contribution is -0.151. The molecule has 0 heterocycles. The Morgan fingerprint density at radius 1 is 1.26 bits per heavy atom. The first-order chi connectivity index (χ1) is 10.9. The molecule has 0 spiro atoms. The lowest BCUT2D eigenvalue weighted by atomic mass is 9.73. The molecule has 0 saturated heterocycles. The van der Waals surface area contributed by atoms with Crippen molar-refractivity contribution >= 4 is 17.5 Å². The quantitative estimate of drug-likeness (QED) is 0.801. The predicted molar refractivity (Wildman–Crippen MR) is 86.7 cm³/mol. The van der Waals surface area contributed by atoms with Crippen molar-refractivity contribution in [1.29, 1.82) is 0 Å². The largest absolute Gasteiger partial charge is 0.345 e. The van der Waals surface area contributed by atoms with E-state index in [0.717, 1.165) is 12.0 Å². The van der Waals surface area contributed by atoms with Crippen LogP contribution in [0.15, 0.2) is 30.3 Å². The van der Waals surface area contributed by atoms with E-state index in [0.29, 0.717) is 19.4 Å². The zero-order valence-electron chi connectivity index (χ0n) is 13.7. The van der Waals surface area contributed by atoms with Crippen molar-refractivity contribution in [3.05, 3.63) is 35.9 Å². The van der Waals surface area contributed by atoms with Crippen LogP contribution in [0.5, 0.6) is 0 Å². The number of hydrogen-bond acceptors (Lipinski definition) is 3. The second kappa shape index (κ2) is 5.91. The normalized spacial score (nSPS) is 29.7. The molecule has 3 unspecified atom stereocenters. The van der Waals surface area contributed by atoms with Gasteiger partial charge in [-0.15, -0.1) is 0 Å². The smallest absolute Gasteiger partial charge is 0.236 e. The van der Waals surface area contributed by atoms with Crippen LogP contribution in [0.4, 0.5) is 0 Å². The molecule has 2 aliphatic rings. The van der Waals surface area contributed by atoms with Crippen molar-refractivity contribution in [2.45, 2.75) is 32.6 Å². The van der Waals surface area contributed by atoms with Gasteiger partial charge in [-0.25, -0.2) is 0 Å². The van der Waals surface area contributed by atoms with Crippen LogP contribution in [0, 0.1) is 17.3 Å². The fraction of sp³-hybridized carbons (Fsp3) is 0.526. The Labute approximate surface area is 136 Å². The van der Waals surface area contributed by atoms with Crippen molar-refractivity contribution in [1.82, 2.24) is 4.90 Å². The number of ketones is 2. The van der Waals surface area contributed by atoms with Gasteiger partial charge >= 0.3 is 0 Å². The molecule has 3 atom stereocenters. The molecule has 3 rings (SSSR count). The average molecular weight is 313 g/mol. The highest BCUT2D eigenvalue weighted by Gasteiger charge is 2.60. The van der Waals surface area contributed by atoms with Crippen molar-refractivity contribution < 1.29 is 14.4 Å². The Kier molecular flexibility index (Phi) is 4.09. The molecule has 4 nitrogen and oxygen atoms in total. The summed E-state index contributed by atoms with van der Waals surface area (Å²) >= 11 is 0. The highest BCUT2D eigenvalue weighted by Crippen LogP contribution is 2.51. The number of carbonyl (C=O) groups excluding carboxylic acids is 3. The number of carbonyl (C=O) groups is 3. The first kappa shape index (κ1) is 15.9. The first-order valence-electron chi connectivity index (χ1n) is 8.29. The molecule has 0 radical (unpaired) electrons. The van der Waals surface area contributed by atoms with Crippen molar-refractivity contribution in [3.8, 4) is 0 Å². The summed E-state index contributed by atoms with van der Waals surface area (Å²) in [7, 11) is 1.74. The molecule has 1 aromatic rings. The summed E-state index contributed by atoms with van der Waals surface area (Å²) in [6.45, 7) is 2.43. The van der Waals surface area contributed by atoms with Crippen molar-refractivity contribution in [3.63, 3.8) is 0 Å². The predicted octanol–water partition coefficient (Wildman–Crippen LogP) is 2.26. The number of hydrogen-bond donors (Lipinski definition) is 0. The van der Waals surface area contributed by atoms with Crippen LogP contribution in [-0.2, 0) is 20.8 Å². The molecule has 0 N–H and O–H groups in total. The summed E-state index contributed by atoms with van der Waals surface area (Å²) in [6.07, 6.45) is 1.85. The van der Waals surface area contributed by atoms with E-state index < -0.39 is 5.41 Å². The fourth-order valence-corrected chi connectivity index (χ4v) is 4.16. The van der Waals surface area contributed by atoms with Gasteiger partial charge in [0.15, 0.2) is 5.78 Å². The van der Waals surface area contributed by atoms with Crippen molar-refractivity contribution in [2.75, 3.05) is 13.6 Å². The lowest BCUT2D eigenvalue weighted by Crippen LogP contribution is -2.48. The Balaban J connectivity index is 1.73. The molecule has 0 aliphatic heterocycles. The molecule has 122 valence electrons. The molecule has 1 aromatic carbocycles. The number of amides is 1. The summed E-state index contributed by atoms with van der Waals surface area (Å²) in [5, 5.41) is 0. The van der Waals surface area contributed by atoms with E-state index in [-0.39, 0.29) is 35.7 Å². The van der Waals surface area contributed by atoms with Gasteiger partial charge in [0, 0.05) is 32.4 Å². The summed E-state index contributed by atoms with van der Waals surface area (Å²) in [5.74, 6) is -0.252. The standard InChI is InChI=1S/C19H23NO3/c1-13-15-10-16(21)12-19(11-15,17(13)22)18(23)20(2)9-8-14-6-4-3-5-7-14/h3-7,13,15H,8-12H2,1-2H3. The van der Waals surface area contributed by atoms with E-state index in [2.05, 4.69) is 0 Å². The highest BCUT2D eigenvalue weighted by molar-refractivity contribution is 6.12. The topological polar surface area (TPSA) is 54.5 Å². The van der Waals surface area contributed by atoms with Gasteiger partial charge in [0.25, 0.3) is 0 Å². The maximum absolute atomic E-state index is 13.0. The van der Waals surface area contributed by atoms with E-state index in [1.807, 2.05) is 37.3 Å². The fourth-order valence-electron chi connectivity index (χ4n) is 4.16. The minimum Gasteiger partial charge on any atom is -0.345 e. The maximum atomic E-state index is 13.0. The molecule has 0 aromatic heterocycles. The molecule has 2 fully saturated rings. The number of benzene rings is 1. The van der Waals surface area contributed by atoms with Crippen LogP contribution >= 0.6 is 0 Å². The second-order valence-electron chi connectivity index (χ2n) is 7.08. The second-order valence-corrected chi connectivity index (χ2v) is 7.08. The maximum Gasteiger partial charge on any atom is 0.236 e. The monoisotopic (exact) mass is 313 g/mol. The van der Waals surface area contributed by atoms with Gasteiger partial charge in [-0.1, -0.05) is 37.3 Å². The van der Waals surface area contributed by atoms with E-state index in [1.165, 1.54) is 0 Å². The third-order valence-electron chi connectivity index (χ3n) is 5.53. The van der Waals surface area contributed by atoms with Gasteiger partial charge in [-0.2, -0.15) is 0 Å². The molecule has 2 bridgehead atoms. The van der Waals surface area contributed by atoms with Gasteiger partial charge in [0.2, 0.25) is 5.91 Å². The van der Waals surface area contributed by atoms with Gasteiger partial charge in [-0.3, -0.25) is 14.4 Å². The van der Waals surface area contributed by atoms with E-state index >= 15 is 0 Å². The number of fused-ring (bicyclic) bond motifs is 2. The molecule has 4 heteroatoms. The van der Waals surface area contributed by atoms with Crippen molar-refractivity contribution in [2.24, 2.45) is 17.3 Å². The molecule has 2 aliphatic carbocycles. The van der Waals surface area contributed by atoms with Gasteiger partial charge in [0.1, 0.15) is 11.2 Å². The lowest BCUT2D eigenvalue weighted by Gasteiger charge is -2.33. The molecular weight excluding hydrogens is 290 g/mol. The number of likely N-dealkylation sites (N-methyl/N-ethyl adjacent to an activating group) is 1. The van der Waals surface area contributed by atoms with Gasteiger partial charge in [0.05, 0.1) is 0 Å². The van der Waals surface area contributed by atoms with Gasteiger partial charge in [-0.05, 0) is 24.3 Å². The Bertz CT molecular complexity index is 639. The summed E-state index contributed by atoms with van der Waals surface area (Å²) in [5.41, 5.74) is 0.0820. The molecule has 2 saturated carbocycles. The van der Waals surface area contributed by atoms with Crippen LogP contribution in [0.1, 0.15) is 31.7 Å². The Hall–Kier alpha value is -1.97. The number of Topliss-reactive ketones (excluding diaryl/α,β-unsaturated/α-hetero) is 2.